The molecule has 0 fully saturated rings. The summed E-state index contributed by atoms with van der Waals surface area (Å²) in [6.45, 7) is 0. The molecule has 2 aromatic rings. The van der Waals surface area contributed by atoms with Gasteiger partial charge in [-0.25, -0.2) is 0 Å². The van der Waals surface area contributed by atoms with Crippen LogP contribution < -0.4 is 0 Å². The molecule has 0 amide bonds. The summed E-state index contributed by atoms with van der Waals surface area (Å²) in [4.78, 5) is 0. The Labute approximate surface area is 74.3 Å². The van der Waals surface area contributed by atoms with Crippen LogP contribution in [0.2, 0.25) is 0 Å². The van der Waals surface area contributed by atoms with E-state index >= 15 is 0 Å². The van der Waals surface area contributed by atoms with Crippen LogP contribution in [-0.2, 0) is 0 Å². The lowest BCUT2D eigenvalue weighted by Gasteiger charge is -1.98. The minimum atomic E-state index is 0.674. The van der Waals surface area contributed by atoms with Gasteiger partial charge in [-0.1, -0.05) is 0 Å². The van der Waals surface area contributed by atoms with E-state index in [1.807, 2.05) is 33.7 Å². The molecule has 0 N–H and O–H groups in total. The summed E-state index contributed by atoms with van der Waals surface area (Å²) in [7, 11) is 0. The first-order chi connectivity index (χ1) is 5.92. The largest absolute Gasteiger partial charge is 0.307 e. The van der Waals surface area contributed by atoms with E-state index < -0.39 is 0 Å². The van der Waals surface area contributed by atoms with Gasteiger partial charge in [0.2, 0.25) is 0 Å². The monoisotopic (exact) mass is 174 g/mol. The lowest BCUT2D eigenvalue weighted by Crippen LogP contribution is -1.91. The van der Waals surface area contributed by atoms with Gasteiger partial charge in [-0.15, -0.1) is 0 Å². The molecule has 0 saturated heterocycles. The Balaban J connectivity index is 2.55. The smallest absolute Gasteiger partial charge is 0.124 e. The van der Waals surface area contributed by atoms with Crippen LogP contribution in [0.4, 0.5) is 0 Å². The highest BCUT2D eigenvalue weighted by molar-refractivity contribution is 7.08. The summed E-state index contributed by atoms with van der Waals surface area (Å²) in [6, 6.07) is 7.80. The van der Waals surface area contributed by atoms with Gasteiger partial charge in [-0.3, -0.25) is 0 Å². The fraction of sp³-hybridized carbons (Fsp3) is 0. The van der Waals surface area contributed by atoms with E-state index in [-0.39, 0.29) is 0 Å². The van der Waals surface area contributed by atoms with Crippen molar-refractivity contribution in [2.45, 2.75) is 0 Å². The Morgan fingerprint density at radius 3 is 3.00 bits per heavy atom. The maximum atomic E-state index is 8.74. The maximum Gasteiger partial charge on any atom is 0.124 e. The summed E-state index contributed by atoms with van der Waals surface area (Å²) >= 11 is 1.63. The topological polar surface area (TPSA) is 28.7 Å². The third-order valence-electron chi connectivity index (χ3n) is 1.65. The molecule has 0 aliphatic rings. The van der Waals surface area contributed by atoms with Crippen molar-refractivity contribution in [3.63, 3.8) is 0 Å². The second kappa shape index (κ2) is 2.84. The van der Waals surface area contributed by atoms with E-state index in [4.69, 9.17) is 5.26 Å². The molecule has 0 atom stereocenters. The normalized spacial score (nSPS) is 9.58. The Kier molecular flexibility index (Phi) is 1.69. The second-order valence-electron chi connectivity index (χ2n) is 2.36. The highest BCUT2D eigenvalue weighted by Gasteiger charge is 2.00. The zero-order chi connectivity index (χ0) is 8.39. The van der Waals surface area contributed by atoms with Crippen molar-refractivity contribution >= 4 is 11.3 Å². The average Bonchev–Trinajstić information content (AvgIpc) is 2.74. The van der Waals surface area contributed by atoms with Crippen LogP contribution in [-0.4, -0.2) is 4.57 Å². The molecule has 12 heavy (non-hydrogen) atoms. The highest BCUT2D eigenvalue weighted by atomic mass is 32.1. The Morgan fingerprint density at radius 1 is 1.42 bits per heavy atom. The molecule has 2 aromatic heterocycles. The lowest BCUT2D eigenvalue weighted by molar-refractivity contribution is 1.06. The number of hydrogen-bond acceptors (Lipinski definition) is 2. The molecule has 58 valence electrons. The summed E-state index contributed by atoms with van der Waals surface area (Å²) in [6.07, 6.45) is 1.89. The predicted octanol–water partition coefficient (Wildman–Crippen LogP) is 2.41. The number of hydrogen-bond donors (Lipinski definition) is 0. The molecule has 0 spiro atoms. The third kappa shape index (κ3) is 1.03. The second-order valence-corrected chi connectivity index (χ2v) is 3.14. The number of aromatic nitrogens is 1. The molecule has 0 bridgehead atoms. The third-order valence-corrected chi connectivity index (χ3v) is 2.32. The van der Waals surface area contributed by atoms with Crippen molar-refractivity contribution in [3.8, 4) is 11.8 Å². The van der Waals surface area contributed by atoms with E-state index in [2.05, 4.69) is 6.07 Å². The summed E-state index contributed by atoms with van der Waals surface area (Å²) in [5, 5.41) is 12.7. The molecule has 0 unspecified atom stereocenters. The van der Waals surface area contributed by atoms with Crippen LogP contribution in [0.1, 0.15) is 5.69 Å². The van der Waals surface area contributed by atoms with E-state index in [1.165, 1.54) is 0 Å². The van der Waals surface area contributed by atoms with Crippen LogP contribution in [0.3, 0.4) is 0 Å². The average molecular weight is 174 g/mol. The van der Waals surface area contributed by atoms with Crippen LogP contribution in [0.25, 0.3) is 5.69 Å². The molecular formula is C9H6N2S. The highest BCUT2D eigenvalue weighted by Crippen LogP contribution is 2.14. The van der Waals surface area contributed by atoms with Gasteiger partial charge < -0.3 is 4.57 Å². The molecule has 0 aromatic carbocycles. The molecule has 0 radical (unpaired) electrons. The standard InChI is InChI=1S/C9H6N2S/c10-6-8-2-1-4-11(8)9-3-5-12-7-9/h1-5,7H. The molecule has 2 rings (SSSR count). The van der Waals surface area contributed by atoms with Crippen molar-refractivity contribution < 1.29 is 0 Å². The van der Waals surface area contributed by atoms with Gasteiger partial charge in [0, 0.05) is 11.6 Å². The maximum absolute atomic E-state index is 8.74. The van der Waals surface area contributed by atoms with Crippen LogP contribution in [0.15, 0.2) is 35.2 Å². The van der Waals surface area contributed by atoms with Gasteiger partial charge in [-0.05, 0) is 23.6 Å². The Bertz CT molecular complexity index is 406. The summed E-state index contributed by atoms with van der Waals surface area (Å²) < 4.78 is 1.87. The first kappa shape index (κ1) is 7.14. The molecule has 2 heterocycles. The van der Waals surface area contributed by atoms with Crippen molar-refractivity contribution in [1.29, 1.82) is 5.26 Å². The summed E-state index contributed by atoms with van der Waals surface area (Å²) in [5.41, 5.74) is 1.73. The van der Waals surface area contributed by atoms with Crippen LogP contribution in [0, 0.1) is 11.3 Å². The van der Waals surface area contributed by atoms with Crippen molar-refractivity contribution in [3.05, 3.63) is 40.8 Å². The first-order valence-corrected chi connectivity index (χ1v) is 4.46. The molecule has 3 heteroatoms. The van der Waals surface area contributed by atoms with Gasteiger partial charge >= 0.3 is 0 Å². The quantitative estimate of drug-likeness (QED) is 0.652. The summed E-state index contributed by atoms with van der Waals surface area (Å²) in [5.74, 6) is 0. The minimum Gasteiger partial charge on any atom is -0.307 e. The van der Waals surface area contributed by atoms with E-state index in [9.17, 15) is 0 Å². The predicted molar refractivity (Wildman–Crippen MR) is 48.4 cm³/mol. The fourth-order valence-electron chi connectivity index (χ4n) is 1.09. The van der Waals surface area contributed by atoms with Crippen molar-refractivity contribution in [2.24, 2.45) is 0 Å². The van der Waals surface area contributed by atoms with Gasteiger partial charge in [0.25, 0.3) is 0 Å². The first-order valence-electron chi connectivity index (χ1n) is 3.52. The number of thiophene rings is 1. The molecule has 0 saturated carbocycles. The molecule has 0 aliphatic heterocycles. The van der Waals surface area contributed by atoms with Gasteiger partial charge in [0.05, 0.1) is 5.69 Å². The molecule has 2 nitrogen and oxygen atoms in total. The van der Waals surface area contributed by atoms with E-state index in [0.717, 1.165) is 5.69 Å². The number of rotatable bonds is 1. The van der Waals surface area contributed by atoms with Crippen molar-refractivity contribution in [2.75, 3.05) is 0 Å². The Hall–Kier alpha value is -1.53. The van der Waals surface area contributed by atoms with Gasteiger partial charge in [0.1, 0.15) is 11.8 Å². The zero-order valence-corrected chi connectivity index (χ0v) is 7.08. The van der Waals surface area contributed by atoms with Crippen LogP contribution in [0.5, 0.6) is 0 Å². The Morgan fingerprint density at radius 2 is 2.33 bits per heavy atom. The van der Waals surface area contributed by atoms with Crippen molar-refractivity contribution in [1.82, 2.24) is 4.57 Å². The minimum absolute atomic E-state index is 0.674. The lowest BCUT2D eigenvalue weighted by atomic mass is 10.4. The molecular weight excluding hydrogens is 168 g/mol. The number of nitrogens with zero attached hydrogens (tertiary/aromatic N) is 2. The SMILES string of the molecule is N#Cc1cccn1-c1ccsc1. The van der Waals surface area contributed by atoms with Gasteiger partial charge in [-0.2, -0.15) is 16.6 Å². The van der Waals surface area contributed by atoms with Crippen LogP contribution >= 0.6 is 11.3 Å². The number of nitriles is 1. The fourth-order valence-corrected chi connectivity index (χ4v) is 1.72. The molecule has 0 aliphatic carbocycles. The van der Waals surface area contributed by atoms with E-state index in [0.29, 0.717) is 5.69 Å². The van der Waals surface area contributed by atoms with Gasteiger partial charge in [0.15, 0.2) is 0 Å². The zero-order valence-electron chi connectivity index (χ0n) is 6.27. The van der Waals surface area contributed by atoms with E-state index in [1.54, 1.807) is 17.4 Å².